The average Bonchev–Trinajstić information content (AvgIpc) is 3.68. The van der Waals surface area contributed by atoms with E-state index in [1.807, 2.05) is 17.2 Å². The van der Waals surface area contributed by atoms with Crippen LogP contribution in [0.15, 0.2) is 24.4 Å². The first-order valence-electron chi connectivity index (χ1n) is 13.1. The Hall–Kier alpha value is -3.83. The molecule has 200 valence electrons. The Bertz CT molecular complexity index is 1450. The molecule has 1 saturated carbocycles. The summed E-state index contributed by atoms with van der Waals surface area (Å²) in [5, 5.41) is 12.0. The predicted octanol–water partition coefficient (Wildman–Crippen LogP) is 4.24. The van der Waals surface area contributed by atoms with Crippen LogP contribution in [0.5, 0.6) is 5.88 Å². The number of methoxy groups -OCH3 is 1. The summed E-state index contributed by atoms with van der Waals surface area (Å²) in [7, 11) is 1.56. The van der Waals surface area contributed by atoms with Crippen molar-refractivity contribution in [3.05, 3.63) is 24.4 Å². The molecule has 3 aromatic heterocycles. The predicted molar refractivity (Wildman–Crippen MR) is 138 cm³/mol. The largest absolute Gasteiger partial charge is 0.480 e. The van der Waals surface area contributed by atoms with E-state index in [1.165, 1.54) is 4.68 Å². The van der Waals surface area contributed by atoms with Gasteiger partial charge >= 0.3 is 0 Å². The van der Waals surface area contributed by atoms with Crippen molar-refractivity contribution in [3.63, 3.8) is 0 Å². The summed E-state index contributed by atoms with van der Waals surface area (Å²) < 4.78 is 32.8. The number of nitrogens with one attached hydrogen (secondary N) is 2. The van der Waals surface area contributed by atoms with Crippen molar-refractivity contribution < 1.29 is 18.3 Å². The molecule has 0 atom stereocenters. The fraction of sp³-hybridized carbons (Fsp3) is 0.500. The van der Waals surface area contributed by atoms with Crippen molar-refractivity contribution in [1.82, 2.24) is 34.8 Å². The van der Waals surface area contributed by atoms with E-state index < -0.39 is 13.0 Å². The first kappa shape index (κ1) is 24.5. The molecule has 1 amide bonds. The Morgan fingerprint density at radius 1 is 1.18 bits per heavy atom. The van der Waals surface area contributed by atoms with Gasteiger partial charge in [0, 0.05) is 36.8 Å². The number of rotatable bonds is 7. The molecular weight excluding hydrogens is 494 g/mol. The molecule has 4 aromatic rings. The Balaban J connectivity index is 1.21. The number of halogens is 2. The number of alkyl halides is 2. The average molecular weight is 525 g/mol. The topological polar surface area (TPSA) is 114 Å². The van der Waals surface area contributed by atoms with E-state index in [1.54, 1.807) is 19.2 Å². The van der Waals surface area contributed by atoms with Gasteiger partial charge in [0.1, 0.15) is 17.7 Å². The van der Waals surface area contributed by atoms with Gasteiger partial charge in [-0.2, -0.15) is 9.97 Å². The lowest BCUT2D eigenvalue weighted by molar-refractivity contribution is -0.135. The van der Waals surface area contributed by atoms with E-state index in [9.17, 15) is 13.6 Å². The van der Waals surface area contributed by atoms with Crippen LogP contribution in [0.3, 0.4) is 0 Å². The van der Waals surface area contributed by atoms with E-state index in [0.717, 1.165) is 62.7 Å². The van der Waals surface area contributed by atoms with Crippen molar-refractivity contribution in [2.24, 2.45) is 5.92 Å². The quantitative estimate of drug-likeness (QED) is 0.372. The van der Waals surface area contributed by atoms with E-state index >= 15 is 0 Å². The zero-order valence-electron chi connectivity index (χ0n) is 21.2. The molecule has 1 aromatic carbocycles. The van der Waals surface area contributed by atoms with Crippen LogP contribution < -0.4 is 10.1 Å². The highest BCUT2D eigenvalue weighted by molar-refractivity contribution is 5.99. The molecule has 4 heterocycles. The van der Waals surface area contributed by atoms with Crippen LogP contribution >= 0.6 is 0 Å². The second-order valence-corrected chi connectivity index (χ2v) is 10.1. The molecule has 1 aliphatic carbocycles. The van der Waals surface area contributed by atoms with Gasteiger partial charge in [0.15, 0.2) is 0 Å². The van der Waals surface area contributed by atoms with Gasteiger partial charge in [-0.05, 0) is 56.2 Å². The Morgan fingerprint density at radius 2 is 1.97 bits per heavy atom. The highest BCUT2D eigenvalue weighted by Gasteiger charge is 2.31. The number of carbonyl (C=O) groups excluding carboxylic acids is 1. The van der Waals surface area contributed by atoms with Gasteiger partial charge in [-0.15, -0.1) is 5.10 Å². The zero-order valence-corrected chi connectivity index (χ0v) is 21.2. The second-order valence-electron chi connectivity index (χ2n) is 10.1. The first-order chi connectivity index (χ1) is 18.5. The molecule has 2 fully saturated rings. The number of likely N-dealkylation sites (tertiary alicyclic amines) is 1. The van der Waals surface area contributed by atoms with Gasteiger partial charge in [0.05, 0.1) is 18.0 Å². The number of amides is 1. The minimum absolute atomic E-state index is 0.111. The van der Waals surface area contributed by atoms with Crippen LogP contribution in [0.4, 0.5) is 14.7 Å². The molecule has 0 spiro atoms. The molecule has 1 aliphatic heterocycles. The fourth-order valence-corrected chi connectivity index (χ4v) is 5.70. The number of aromatic nitrogens is 6. The number of ether oxygens (including phenoxy) is 1. The Labute approximate surface area is 217 Å². The van der Waals surface area contributed by atoms with E-state index in [-0.39, 0.29) is 12.0 Å². The second kappa shape index (κ2) is 10.1. The van der Waals surface area contributed by atoms with E-state index in [2.05, 4.69) is 30.6 Å². The summed E-state index contributed by atoms with van der Waals surface area (Å²) >= 11 is 0. The normalized spacial score (nSPS) is 20.1. The Kier molecular flexibility index (Phi) is 6.54. The van der Waals surface area contributed by atoms with Crippen LogP contribution in [-0.2, 0) is 11.3 Å². The van der Waals surface area contributed by atoms with Crippen LogP contribution in [0, 0.1) is 5.92 Å². The fourth-order valence-electron chi connectivity index (χ4n) is 5.70. The third-order valence-electron chi connectivity index (χ3n) is 7.65. The minimum Gasteiger partial charge on any atom is -0.480 e. The molecule has 1 saturated heterocycles. The Morgan fingerprint density at radius 3 is 2.71 bits per heavy atom. The highest BCUT2D eigenvalue weighted by Crippen LogP contribution is 2.36. The van der Waals surface area contributed by atoms with Crippen LogP contribution in [0.25, 0.3) is 33.2 Å². The van der Waals surface area contributed by atoms with Crippen LogP contribution in [0.1, 0.15) is 38.5 Å². The van der Waals surface area contributed by atoms with Crippen molar-refractivity contribution in [2.45, 2.75) is 57.5 Å². The van der Waals surface area contributed by atoms with Crippen LogP contribution in [0.2, 0.25) is 0 Å². The summed E-state index contributed by atoms with van der Waals surface area (Å²) in [6, 6.07) is 5.58. The van der Waals surface area contributed by atoms with Crippen molar-refractivity contribution >= 4 is 33.9 Å². The zero-order chi connectivity index (χ0) is 26.2. The maximum absolute atomic E-state index is 13.0. The van der Waals surface area contributed by atoms with Gasteiger partial charge in [0.2, 0.25) is 17.7 Å². The van der Waals surface area contributed by atoms with Gasteiger partial charge in [-0.3, -0.25) is 4.79 Å². The number of carbonyl (C=O) groups is 1. The molecule has 0 radical (unpaired) electrons. The first-order valence-corrected chi connectivity index (χ1v) is 13.1. The molecule has 38 heavy (non-hydrogen) atoms. The highest BCUT2D eigenvalue weighted by atomic mass is 19.3. The molecule has 6 rings (SSSR count). The van der Waals surface area contributed by atoms with Gasteiger partial charge in [-0.25, -0.2) is 13.5 Å². The summed E-state index contributed by atoms with van der Waals surface area (Å²) in [5.74, 6) is 1.29. The third-order valence-corrected chi connectivity index (χ3v) is 7.65. The van der Waals surface area contributed by atoms with Gasteiger partial charge in [0.25, 0.3) is 6.43 Å². The molecule has 12 heteroatoms. The smallest absolute Gasteiger partial charge is 0.258 e. The molecule has 0 bridgehead atoms. The monoisotopic (exact) mass is 524 g/mol. The summed E-state index contributed by atoms with van der Waals surface area (Å²) in [4.78, 5) is 27.3. The number of H-pyrrole nitrogens is 1. The number of fused-ring (bicyclic) bond motifs is 2. The lowest BCUT2D eigenvalue weighted by atomic mass is 9.85. The molecule has 2 N–H and O–H groups in total. The lowest BCUT2D eigenvalue weighted by Crippen LogP contribution is -2.37. The number of aromatic amines is 1. The van der Waals surface area contributed by atoms with E-state index in [4.69, 9.17) is 4.74 Å². The maximum Gasteiger partial charge on any atom is 0.258 e. The SMILES string of the molecule is COc1nc(NC2CCC(C(=O)N3CCCC3)CC2)nc2[nH]cc(-c3ccc4nnn(CC(F)F)c4c3)c12. The lowest BCUT2D eigenvalue weighted by Gasteiger charge is -2.30. The van der Waals surface area contributed by atoms with Crippen molar-refractivity contribution in [2.75, 3.05) is 25.5 Å². The molecule has 0 unspecified atom stereocenters. The number of hydrogen-bond donors (Lipinski definition) is 2. The molecule has 2 aliphatic rings. The van der Waals surface area contributed by atoms with Crippen molar-refractivity contribution in [1.29, 1.82) is 0 Å². The molecular formula is C26H30F2N8O2. The van der Waals surface area contributed by atoms with Gasteiger partial charge in [-0.1, -0.05) is 11.3 Å². The number of nitrogens with zero attached hydrogens (tertiary/aromatic N) is 6. The van der Waals surface area contributed by atoms with Gasteiger partial charge < -0.3 is 19.9 Å². The van der Waals surface area contributed by atoms with Crippen molar-refractivity contribution in [3.8, 4) is 17.0 Å². The van der Waals surface area contributed by atoms with Crippen LogP contribution in [-0.4, -0.2) is 73.4 Å². The minimum atomic E-state index is -2.53. The number of benzene rings is 1. The number of anilines is 1. The summed E-state index contributed by atoms with van der Waals surface area (Å²) in [5.41, 5.74) is 3.24. The molecule has 10 nitrogen and oxygen atoms in total. The number of hydrogen-bond acceptors (Lipinski definition) is 7. The summed E-state index contributed by atoms with van der Waals surface area (Å²) in [6.07, 6.45) is 4.98. The maximum atomic E-state index is 13.0. The standard InChI is InChI=1S/C26H30F2N8O2/c1-38-24-22-18(16-6-9-19-20(12-16)36(34-33-19)14-21(27)28)13-29-23(22)31-26(32-24)30-17-7-4-15(5-8-17)25(37)35-10-2-3-11-35/h6,9,12-13,15,17,21H,2-5,7-8,10-11,14H2,1H3,(H2,29,30,31,32). The van der Waals surface area contributed by atoms with E-state index in [0.29, 0.717) is 39.8 Å². The third kappa shape index (κ3) is 4.63. The summed E-state index contributed by atoms with van der Waals surface area (Å²) in [6.45, 7) is 1.27.